The van der Waals surface area contributed by atoms with Crippen LogP contribution in [0.4, 0.5) is 0 Å². The smallest absolute Gasteiger partial charge is 0.305 e. The van der Waals surface area contributed by atoms with Crippen LogP contribution in [0, 0.1) is 0 Å². The maximum Gasteiger partial charge on any atom is 0.305 e. The van der Waals surface area contributed by atoms with E-state index in [0.29, 0.717) is 19.6 Å². The normalized spacial score (nSPS) is 17.9. The van der Waals surface area contributed by atoms with Gasteiger partial charge in [0.25, 0.3) is 5.91 Å². The third-order valence-electron chi connectivity index (χ3n) is 3.19. The molecule has 108 valence electrons. The maximum absolute atomic E-state index is 12.3. The number of rotatable bonds is 6. The van der Waals surface area contributed by atoms with Gasteiger partial charge in [-0.2, -0.15) is 0 Å². The van der Waals surface area contributed by atoms with Crippen LogP contribution >= 0.6 is 0 Å². The fraction of sp³-hybridized carbons (Fsp3) is 0.500. The molecule has 1 N–H and O–H groups in total. The molecule has 1 amide bonds. The van der Waals surface area contributed by atoms with Crippen molar-refractivity contribution in [1.82, 2.24) is 9.88 Å². The number of hydrogen-bond acceptors (Lipinski definition) is 4. The van der Waals surface area contributed by atoms with Crippen molar-refractivity contribution < 1.29 is 19.4 Å². The van der Waals surface area contributed by atoms with Crippen LogP contribution in [0.1, 0.15) is 25.0 Å². The lowest BCUT2D eigenvalue weighted by molar-refractivity contribution is -0.143. The van der Waals surface area contributed by atoms with Crippen LogP contribution in [-0.2, 0) is 20.9 Å². The van der Waals surface area contributed by atoms with Crippen molar-refractivity contribution in [2.45, 2.75) is 31.9 Å². The summed E-state index contributed by atoms with van der Waals surface area (Å²) in [6.45, 7) is 1.07. The van der Waals surface area contributed by atoms with Crippen molar-refractivity contribution >= 4 is 11.9 Å². The molecule has 1 aliphatic rings. The summed E-state index contributed by atoms with van der Waals surface area (Å²) < 4.78 is 5.38. The van der Waals surface area contributed by atoms with Gasteiger partial charge < -0.3 is 14.7 Å². The van der Waals surface area contributed by atoms with Crippen LogP contribution < -0.4 is 0 Å². The van der Waals surface area contributed by atoms with E-state index in [1.165, 1.54) is 4.90 Å². The number of hydrogen-bond donors (Lipinski definition) is 1. The molecule has 0 aromatic carbocycles. The highest BCUT2D eigenvalue weighted by atomic mass is 16.5. The summed E-state index contributed by atoms with van der Waals surface area (Å²) >= 11 is 0. The number of pyridine rings is 1. The molecule has 1 atom stereocenters. The average molecular weight is 278 g/mol. The quantitative estimate of drug-likeness (QED) is 0.841. The lowest BCUT2D eigenvalue weighted by Crippen LogP contribution is -2.39. The summed E-state index contributed by atoms with van der Waals surface area (Å²) in [7, 11) is 0. The topological polar surface area (TPSA) is 79.7 Å². The second kappa shape index (κ2) is 7.00. The first-order valence-corrected chi connectivity index (χ1v) is 6.69. The van der Waals surface area contributed by atoms with Gasteiger partial charge in [-0.05, 0) is 25.0 Å². The lowest BCUT2D eigenvalue weighted by atomic mass is 10.2. The van der Waals surface area contributed by atoms with Crippen molar-refractivity contribution in [2.24, 2.45) is 0 Å². The molecule has 1 fully saturated rings. The number of carbonyl (C=O) groups is 2. The Bertz CT molecular complexity index is 458. The Morgan fingerprint density at radius 1 is 1.45 bits per heavy atom. The molecule has 2 rings (SSSR count). The molecule has 20 heavy (non-hydrogen) atoms. The van der Waals surface area contributed by atoms with Gasteiger partial charge in [0.15, 0.2) is 0 Å². The van der Waals surface area contributed by atoms with Crippen molar-refractivity contribution in [3.63, 3.8) is 0 Å². The summed E-state index contributed by atoms with van der Waals surface area (Å²) in [6.07, 6.45) is 2.71. The molecule has 0 radical (unpaired) electrons. The van der Waals surface area contributed by atoms with Gasteiger partial charge in [-0.3, -0.25) is 14.6 Å². The van der Waals surface area contributed by atoms with Gasteiger partial charge in [0, 0.05) is 19.3 Å². The highest BCUT2D eigenvalue weighted by Gasteiger charge is 2.28. The van der Waals surface area contributed by atoms with Crippen molar-refractivity contribution in [1.29, 1.82) is 0 Å². The fourth-order valence-corrected chi connectivity index (χ4v) is 2.16. The standard InChI is InChI=1S/C14H18N2O4/c17-13(18)6-8-16(10-11-4-1-2-7-15-11)14(19)12-5-3-9-20-12/h1-2,4,7,12H,3,5-6,8-10H2,(H,17,18). The predicted octanol–water partition coefficient (Wildman–Crippen LogP) is 1.06. The number of amides is 1. The van der Waals surface area contributed by atoms with Crippen molar-refractivity contribution in [3.8, 4) is 0 Å². The van der Waals surface area contributed by atoms with Crippen LogP contribution in [0.5, 0.6) is 0 Å². The molecule has 1 aromatic rings. The summed E-state index contributed by atoms with van der Waals surface area (Å²) in [5.41, 5.74) is 0.740. The largest absolute Gasteiger partial charge is 0.481 e. The maximum atomic E-state index is 12.3. The van der Waals surface area contributed by atoms with Gasteiger partial charge in [-0.1, -0.05) is 6.07 Å². The summed E-state index contributed by atoms with van der Waals surface area (Å²) in [6, 6.07) is 5.46. The van der Waals surface area contributed by atoms with E-state index >= 15 is 0 Å². The first kappa shape index (κ1) is 14.5. The monoisotopic (exact) mass is 278 g/mol. The van der Waals surface area contributed by atoms with E-state index in [2.05, 4.69) is 4.98 Å². The molecule has 0 saturated carbocycles. The van der Waals surface area contributed by atoms with Gasteiger partial charge in [0.1, 0.15) is 6.10 Å². The van der Waals surface area contributed by atoms with Gasteiger partial charge in [-0.25, -0.2) is 0 Å². The van der Waals surface area contributed by atoms with E-state index in [4.69, 9.17) is 9.84 Å². The SMILES string of the molecule is O=C(O)CCN(Cc1ccccn1)C(=O)C1CCCO1. The minimum absolute atomic E-state index is 0.0781. The molecule has 1 aliphatic heterocycles. The lowest BCUT2D eigenvalue weighted by Gasteiger charge is -2.24. The third kappa shape index (κ3) is 4.03. The Balaban J connectivity index is 2.03. The van der Waals surface area contributed by atoms with Gasteiger partial charge >= 0.3 is 5.97 Å². The van der Waals surface area contributed by atoms with Crippen LogP contribution in [0.15, 0.2) is 24.4 Å². The molecule has 0 spiro atoms. The highest BCUT2D eigenvalue weighted by Crippen LogP contribution is 2.16. The number of carboxylic acids is 1. The van der Waals surface area contributed by atoms with E-state index in [1.807, 2.05) is 12.1 Å². The van der Waals surface area contributed by atoms with Crippen molar-refractivity contribution in [3.05, 3.63) is 30.1 Å². The van der Waals surface area contributed by atoms with Crippen molar-refractivity contribution in [2.75, 3.05) is 13.2 Å². The zero-order valence-corrected chi connectivity index (χ0v) is 11.2. The molecule has 6 heteroatoms. The van der Waals surface area contributed by atoms with Gasteiger partial charge in [0.05, 0.1) is 18.7 Å². The Labute approximate surface area is 117 Å². The molecule has 1 saturated heterocycles. The number of carbonyl (C=O) groups excluding carboxylic acids is 1. The zero-order valence-electron chi connectivity index (χ0n) is 11.2. The highest BCUT2D eigenvalue weighted by molar-refractivity contribution is 5.81. The number of ether oxygens (including phenoxy) is 1. The summed E-state index contributed by atoms with van der Waals surface area (Å²) in [5, 5.41) is 8.79. The van der Waals surface area contributed by atoms with E-state index in [0.717, 1.165) is 12.1 Å². The molecule has 6 nitrogen and oxygen atoms in total. The molecule has 1 aromatic heterocycles. The van der Waals surface area contributed by atoms with E-state index in [1.54, 1.807) is 12.3 Å². The zero-order chi connectivity index (χ0) is 14.4. The molecular formula is C14H18N2O4. The van der Waals surface area contributed by atoms with Crippen LogP contribution in [0.3, 0.4) is 0 Å². The molecule has 0 aliphatic carbocycles. The number of aromatic nitrogens is 1. The summed E-state index contributed by atoms with van der Waals surface area (Å²) in [5.74, 6) is -1.06. The number of aliphatic carboxylic acids is 1. The van der Waals surface area contributed by atoms with Crippen LogP contribution in [0.2, 0.25) is 0 Å². The second-order valence-corrected chi connectivity index (χ2v) is 4.73. The molecule has 1 unspecified atom stereocenters. The van der Waals surface area contributed by atoms with E-state index in [9.17, 15) is 9.59 Å². The molecular weight excluding hydrogens is 260 g/mol. The minimum atomic E-state index is -0.920. The van der Waals surface area contributed by atoms with Crippen LogP contribution in [-0.4, -0.2) is 46.1 Å². The predicted molar refractivity (Wildman–Crippen MR) is 70.9 cm³/mol. The fourth-order valence-electron chi connectivity index (χ4n) is 2.16. The Morgan fingerprint density at radius 2 is 2.30 bits per heavy atom. The minimum Gasteiger partial charge on any atom is -0.481 e. The Kier molecular flexibility index (Phi) is 5.06. The third-order valence-corrected chi connectivity index (χ3v) is 3.19. The van der Waals surface area contributed by atoms with Gasteiger partial charge in [-0.15, -0.1) is 0 Å². The summed E-state index contributed by atoms with van der Waals surface area (Å²) in [4.78, 5) is 28.8. The number of carboxylic acid groups (broad SMARTS) is 1. The molecule has 2 heterocycles. The Morgan fingerprint density at radius 3 is 2.90 bits per heavy atom. The van der Waals surface area contributed by atoms with Crippen LogP contribution in [0.25, 0.3) is 0 Å². The molecule has 0 bridgehead atoms. The van der Waals surface area contributed by atoms with E-state index in [-0.39, 0.29) is 18.9 Å². The van der Waals surface area contributed by atoms with E-state index < -0.39 is 12.1 Å². The Hall–Kier alpha value is -1.95. The first-order valence-electron chi connectivity index (χ1n) is 6.69. The first-order chi connectivity index (χ1) is 9.66. The average Bonchev–Trinajstić information content (AvgIpc) is 2.97. The second-order valence-electron chi connectivity index (χ2n) is 4.73. The van der Waals surface area contributed by atoms with Gasteiger partial charge in [0.2, 0.25) is 0 Å². The number of nitrogens with zero attached hydrogens (tertiary/aromatic N) is 2.